The van der Waals surface area contributed by atoms with Gasteiger partial charge in [0, 0.05) is 19.3 Å². The van der Waals surface area contributed by atoms with Crippen LogP contribution in [-0.2, 0) is 6.42 Å². The minimum absolute atomic E-state index is 0.192. The second-order valence-electron chi connectivity index (χ2n) is 4.12. The van der Waals surface area contributed by atoms with Gasteiger partial charge in [0.25, 0.3) is 11.5 Å². The average Bonchev–Trinajstić information content (AvgIpc) is 2.73. The van der Waals surface area contributed by atoms with Gasteiger partial charge < -0.3 is 10.3 Å². The number of thiophene rings is 1. The highest BCUT2D eigenvalue weighted by molar-refractivity contribution is 7.20. The van der Waals surface area contributed by atoms with E-state index in [1.54, 1.807) is 14.0 Å². The Balaban J connectivity index is 2.57. The van der Waals surface area contributed by atoms with Crippen LogP contribution in [0.1, 0.15) is 27.5 Å². The molecule has 0 bridgehead atoms. The Morgan fingerprint density at radius 2 is 2.26 bits per heavy atom. The second-order valence-corrected chi connectivity index (χ2v) is 5.50. The number of alkyl halides is 1. The summed E-state index contributed by atoms with van der Waals surface area (Å²) in [6.07, 6.45) is 1.38. The molecular formula is C12H14ClN3O2S. The number of nitrogens with one attached hydrogen (secondary N) is 2. The first-order valence-electron chi connectivity index (χ1n) is 5.88. The zero-order chi connectivity index (χ0) is 14.0. The number of aromatic amines is 1. The predicted molar refractivity (Wildman–Crippen MR) is 77.4 cm³/mol. The standard InChI is InChI=1S/C12H14ClN3O2S/c1-6-8-10(17)15-7(4-3-5-13)16-12(8)19-9(6)11(18)14-2/h3-5H2,1-2H3,(H,14,18)(H,15,16,17). The molecule has 0 aliphatic rings. The summed E-state index contributed by atoms with van der Waals surface area (Å²) in [4.78, 5) is 32.0. The molecule has 19 heavy (non-hydrogen) atoms. The third-order valence-corrected chi connectivity index (χ3v) is 4.28. The quantitative estimate of drug-likeness (QED) is 0.846. The summed E-state index contributed by atoms with van der Waals surface area (Å²) in [7, 11) is 1.57. The number of nitrogens with zero attached hydrogens (tertiary/aromatic N) is 1. The van der Waals surface area contributed by atoms with E-state index in [0.29, 0.717) is 38.8 Å². The molecule has 0 aliphatic heterocycles. The van der Waals surface area contributed by atoms with Gasteiger partial charge in [0.15, 0.2) is 0 Å². The molecule has 0 radical (unpaired) electrons. The average molecular weight is 300 g/mol. The largest absolute Gasteiger partial charge is 0.354 e. The van der Waals surface area contributed by atoms with Crippen LogP contribution >= 0.6 is 22.9 Å². The molecule has 2 N–H and O–H groups in total. The summed E-state index contributed by atoms with van der Waals surface area (Å²) >= 11 is 6.87. The van der Waals surface area contributed by atoms with Crippen molar-refractivity contribution in [2.45, 2.75) is 19.8 Å². The van der Waals surface area contributed by atoms with Crippen molar-refractivity contribution < 1.29 is 4.79 Å². The van der Waals surface area contributed by atoms with Crippen LogP contribution in [0.3, 0.4) is 0 Å². The van der Waals surface area contributed by atoms with E-state index in [4.69, 9.17) is 11.6 Å². The number of aryl methyl sites for hydroxylation is 2. The molecular weight excluding hydrogens is 286 g/mol. The highest BCUT2D eigenvalue weighted by atomic mass is 35.5. The van der Waals surface area contributed by atoms with E-state index in [1.165, 1.54) is 11.3 Å². The van der Waals surface area contributed by atoms with Gasteiger partial charge in [0.1, 0.15) is 10.7 Å². The Morgan fingerprint density at radius 3 is 2.89 bits per heavy atom. The van der Waals surface area contributed by atoms with Crippen LogP contribution in [0.15, 0.2) is 4.79 Å². The third-order valence-electron chi connectivity index (χ3n) is 2.83. The molecule has 2 aromatic heterocycles. The topological polar surface area (TPSA) is 74.8 Å². The van der Waals surface area contributed by atoms with Crippen LogP contribution in [0.4, 0.5) is 0 Å². The van der Waals surface area contributed by atoms with Gasteiger partial charge in [-0.3, -0.25) is 9.59 Å². The van der Waals surface area contributed by atoms with E-state index < -0.39 is 0 Å². The molecule has 0 aliphatic carbocycles. The maximum absolute atomic E-state index is 12.1. The van der Waals surface area contributed by atoms with Gasteiger partial charge in [-0.05, 0) is 18.9 Å². The number of hydrogen-bond acceptors (Lipinski definition) is 4. The number of halogens is 1. The molecule has 0 fully saturated rings. The van der Waals surface area contributed by atoms with Gasteiger partial charge in [-0.15, -0.1) is 22.9 Å². The Hall–Kier alpha value is -1.40. The van der Waals surface area contributed by atoms with E-state index >= 15 is 0 Å². The number of amides is 1. The molecule has 0 saturated carbocycles. The lowest BCUT2D eigenvalue weighted by Crippen LogP contribution is -2.17. The summed E-state index contributed by atoms with van der Waals surface area (Å²) in [5, 5.41) is 3.06. The maximum Gasteiger partial charge on any atom is 0.261 e. The van der Waals surface area contributed by atoms with Crippen LogP contribution < -0.4 is 10.9 Å². The Kier molecular flexibility index (Phi) is 4.21. The van der Waals surface area contributed by atoms with Crippen molar-refractivity contribution in [2.75, 3.05) is 12.9 Å². The zero-order valence-corrected chi connectivity index (χ0v) is 12.2. The summed E-state index contributed by atoms with van der Waals surface area (Å²) in [6, 6.07) is 0. The van der Waals surface area contributed by atoms with Crippen molar-refractivity contribution in [3.05, 3.63) is 26.6 Å². The first kappa shape index (κ1) is 14.0. The fourth-order valence-corrected chi connectivity index (χ4v) is 3.15. The summed E-state index contributed by atoms with van der Waals surface area (Å²) in [5.74, 6) is 0.944. The number of hydrogen-bond donors (Lipinski definition) is 2. The van der Waals surface area contributed by atoms with E-state index in [0.717, 1.165) is 6.42 Å². The Labute approximate surface area is 119 Å². The Morgan fingerprint density at radius 1 is 1.53 bits per heavy atom. The molecule has 2 rings (SSSR count). The molecule has 0 aromatic carbocycles. The van der Waals surface area contributed by atoms with E-state index in [9.17, 15) is 9.59 Å². The lowest BCUT2D eigenvalue weighted by Gasteiger charge is -1.98. The summed E-state index contributed by atoms with van der Waals surface area (Å²) in [6.45, 7) is 1.76. The smallest absolute Gasteiger partial charge is 0.261 e. The van der Waals surface area contributed by atoms with Crippen LogP contribution in [0.25, 0.3) is 10.2 Å². The number of H-pyrrole nitrogens is 1. The number of aromatic nitrogens is 2. The molecule has 7 heteroatoms. The lowest BCUT2D eigenvalue weighted by molar-refractivity contribution is 0.0966. The number of carbonyl (C=O) groups excluding carboxylic acids is 1. The molecule has 1 amide bonds. The maximum atomic E-state index is 12.1. The van der Waals surface area contributed by atoms with Gasteiger partial charge in [-0.2, -0.15) is 0 Å². The normalized spacial score (nSPS) is 10.9. The van der Waals surface area contributed by atoms with Crippen molar-refractivity contribution in [2.24, 2.45) is 0 Å². The fraction of sp³-hybridized carbons (Fsp3) is 0.417. The predicted octanol–water partition coefficient (Wildman–Crippen LogP) is 1.82. The molecule has 0 saturated heterocycles. The summed E-state index contributed by atoms with van der Waals surface area (Å²) < 4.78 is 0. The monoisotopic (exact) mass is 299 g/mol. The van der Waals surface area contributed by atoms with E-state index in [-0.39, 0.29) is 11.5 Å². The molecule has 0 unspecified atom stereocenters. The van der Waals surface area contributed by atoms with Crippen LogP contribution in [0.2, 0.25) is 0 Å². The minimum Gasteiger partial charge on any atom is -0.354 e. The molecule has 0 atom stereocenters. The molecule has 0 spiro atoms. The van der Waals surface area contributed by atoms with Crippen molar-refractivity contribution >= 4 is 39.1 Å². The highest BCUT2D eigenvalue weighted by Gasteiger charge is 2.18. The Bertz CT molecular complexity index is 677. The van der Waals surface area contributed by atoms with E-state index in [2.05, 4.69) is 15.3 Å². The highest BCUT2D eigenvalue weighted by Crippen LogP contribution is 2.26. The SMILES string of the molecule is CNC(=O)c1sc2nc(CCCCl)[nH]c(=O)c2c1C. The van der Waals surface area contributed by atoms with Crippen LogP contribution in [-0.4, -0.2) is 28.8 Å². The van der Waals surface area contributed by atoms with Gasteiger partial charge in [0.05, 0.1) is 10.3 Å². The first-order valence-corrected chi connectivity index (χ1v) is 7.24. The zero-order valence-electron chi connectivity index (χ0n) is 10.7. The van der Waals surface area contributed by atoms with Crippen molar-refractivity contribution in [3.8, 4) is 0 Å². The van der Waals surface area contributed by atoms with Gasteiger partial charge >= 0.3 is 0 Å². The van der Waals surface area contributed by atoms with Crippen molar-refractivity contribution in [1.29, 1.82) is 0 Å². The first-order chi connectivity index (χ1) is 9.08. The third kappa shape index (κ3) is 2.64. The number of carbonyl (C=O) groups is 1. The molecule has 102 valence electrons. The van der Waals surface area contributed by atoms with Crippen LogP contribution in [0.5, 0.6) is 0 Å². The molecule has 2 aromatic rings. The van der Waals surface area contributed by atoms with Crippen molar-refractivity contribution in [3.63, 3.8) is 0 Å². The van der Waals surface area contributed by atoms with Crippen LogP contribution in [0, 0.1) is 6.92 Å². The number of rotatable bonds is 4. The van der Waals surface area contributed by atoms with Gasteiger partial charge in [-0.1, -0.05) is 0 Å². The van der Waals surface area contributed by atoms with Gasteiger partial charge in [-0.25, -0.2) is 4.98 Å². The minimum atomic E-state index is -0.196. The van der Waals surface area contributed by atoms with E-state index in [1.807, 2.05) is 0 Å². The molecule has 2 heterocycles. The number of fused-ring (bicyclic) bond motifs is 1. The van der Waals surface area contributed by atoms with Crippen molar-refractivity contribution in [1.82, 2.24) is 15.3 Å². The summed E-state index contributed by atoms with van der Waals surface area (Å²) in [5.41, 5.74) is 0.482. The lowest BCUT2D eigenvalue weighted by atomic mass is 10.2. The second kappa shape index (κ2) is 5.71. The molecule has 5 nitrogen and oxygen atoms in total. The van der Waals surface area contributed by atoms with Gasteiger partial charge in [0.2, 0.25) is 0 Å². The fourth-order valence-electron chi connectivity index (χ4n) is 1.87.